The van der Waals surface area contributed by atoms with Crippen LogP contribution in [0.1, 0.15) is 50.1 Å². The van der Waals surface area contributed by atoms with Gasteiger partial charge in [-0.05, 0) is 48.6 Å². The number of carbonyl (C=O) groups is 1. The van der Waals surface area contributed by atoms with E-state index in [9.17, 15) is 9.90 Å². The summed E-state index contributed by atoms with van der Waals surface area (Å²) >= 11 is 14.4. The summed E-state index contributed by atoms with van der Waals surface area (Å²) in [6.45, 7) is 10.1. The van der Waals surface area contributed by atoms with Gasteiger partial charge in [0.25, 0.3) is 0 Å². The molecule has 1 aromatic carbocycles. The van der Waals surface area contributed by atoms with Crippen molar-refractivity contribution in [2.75, 3.05) is 38.5 Å². The van der Waals surface area contributed by atoms with Gasteiger partial charge in [-0.25, -0.2) is 4.98 Å². The number of benzene rings is 1. The third-order valence-electron chi connectivity index (χ3n) is 9.08. The van der Waals surface area contributed by atoms with E-state index in [-0.39, 0.29) is 35.0 Å². The van der Waals surface area contributed by atoms with Crippen LogP contribution in [0.4, 0.5) is 10.8 Å². The molecule has 1 aromatic heterocycles. The van der Waals surface area contributed by atoms with Crippen molar-refractivity contribution in [3.05, 3.63) is 38.8 Å². The van der Waals surface area contributed by atoms with E-state index in [2.05, 4.69) is 26.2 Å². The van der Waals surface area contributed by atoms with Crippen LogP contribution in [0.5, 0.6) is 0 Å². The molecule has 9 heteroatoms. The zero-order valence-electron chi connectivity index (χ0n) is 21.5. The highest BCUT2D eigenvalue weighted by Gasteiger charge is 2.54. The summed E-state index contributed by atoms with van der Waals surface area (Å²) in [5, 5.41) is 17.0. The number of quaternary nitrogens is 1. The van der Waals surface area contributed by atoms with Gasteiger partial charge in [0.15, 0.2) is 5.13 Å². The minimum Gasteiger partial charge on any atom is -0.392 e. The van der Waals surface area contributed by atoms with Crippen molar-refractivity contribution in [1.29, 1.82) is 0 Å². The minimum absolute atomic E-state index is 0.0197. The van der Waals surface area contributed by atoms with Crippen molar-refractivity contribution in [2.45, 2.75) is 52.1 Å². The first-order valence-corrected chi connectivity index (χ1v) is 14.6. The highest BCUT2D eigenvalue weighted by atomic mass is 35.5. The summed E-state index contributed by atoms with van der Waals surface area (Å²) in [6.07, 6.45) is 2.24. The number of likely N-dealkylation sites (N-methyl/N-ethyl adjacent to an activating group) is 1. The Balaban J connectivity index is 1.36. The summed E-state index contributed by atoms with van der Waals surface area (Å²) in [5.74, 6) is 0.168. The maximum Gasteiger partial charge on any atom is 0.226 e. The number of fused-ring (bicyclic) bond motifs is 2. The van der Waals surface area contributed by atoms with Gasteiger partial charge < -0.3 is 20.2 Å². The molecule has 1 saturated heterocycles. The number of aromatic nitrogens is 1. The number of halogens is 2. The van der Waals surface area contributed by atoms with E-state index < -0.39 is 6.10 Å². The van der Waals surface area contributed by atoms with Crippen LogP contribution in [-0.4, -0.2) is 60.2 Å². The average Bonchev–Trinajstić information content (AvgIpc) is 3.23. The molecule has 0 bridgehead atoms. The summed E-state index contributed by atoms with van der Waals surface area (Å²) in [4.78, 5) is 23.1. The van der Waals surface area contributed by atoms with Crippen molar-refractivity contribution in [2.24, 2.45) is 23.2 Å². The molecule has 2 aromatic rings. The van der Waals surface area contributed by atoms with Crippen LogP contribution in [0.3, 0.4) is 0 Å². The van der Waals surface area contributed by atoms with Crippen molar-refractivity contribution in [1.82, 2.24) is 9.88 Å². The lowest BCUT2D eigenvalue weighted by molar-refractivity contribution is -0.883. The number of piperazine rings is 1. The third kappa shape index (κ3) is 4.66. The summed E-state index contributed by atoms with van der Waals surface area (Å²) in [5.41, 5.74) is 1.70. The molecule has 0 radical (unpaired) electrons. The third-order valence-corrected chi connectivity index (χ3v) is 10.7. The number of aliphatic hydroxyl groups is 1. The minimum atomic E-state index is -0.528. The Bertz CT molecular complexity index is 1110. The molecule has 2 aliphatic carbocycles. The maximum atomic E-state index is 13.4. The van der Waals surface area contributed by atoms with Crippen molar-refractivity contribution in [3.63, 3.8) is 0 Å². The highest BCUT2D eigenvalue weighted by molar-refractivity contribution is 7.15. The van der Waals surface area contributed by atoms with Gasteiger partial charge in [0, 0.05) is 16.7 Å². The number of aliphatic hydroxyl groups excluding tert-OH is 1. The lowest BCUT2D eigenvalue weighted by atomic mass is 9.53. The SMILES string of the molecule is C[C@H](C(=O)N1CC[NH+](C)CC1)[C@@H]1CC[C@@]2(C)Cc3sc(Nc4c(Cl)cccc4Cl)nc3[C@@H](C)[C@@H]2[C@H]1O. The van der Waals surface area contributed by atoms with Crippen molar-refractivity contribution in [3.8, 4) is 0 Å². The van der Waals surface area contributed by atoms with Crippen molar-refractivity contribution < 1.29 is 14.8 Å². The summed E-state index contributed by atoms with van der Waals surface area (Å²) < 4.78 is 0. The van der Waals surface area contributed by atoms with Crippen molar-refractivity contribution >= 4 is 51.3 Å². The van der Waals surface area contributed by atoms with Gasteiger partial charge in [0.2, 0.25) is 5.91 Å². The fourth-order valence-electron chi connectivity index (χ4n) is 6.90. The van der Waals surface area contributed by atoms with Gasteiger partial charge >= 0.3 is 0 Å². The molecule has 1 saturated carbocycles. The predicted octanol–water partition coefficient (Wildman–Crippen LogP) is 4.24. The first-order chi connectivity index (χ1) is 17.1. The second-order valence-corrected chi connectivity index (χ2v) is 13.4. The normalized spacial score (nSPS) is 31.5. The molecule has 0 spiro atoms. The Labute approximate surface area is 228 Å². The number of hydrogen-bond acceptors (Lipinski definition) is 5. The number of thiazole rings is 1. The van der Waals surface area contributed by atoms with E-state index in [0.717, 1.165) is 56.3 Å². The predicted molar refractivity (Wildman–Crippen MR) is 147 cm³/mol. The van der Waals surface area contributed by atoms with Gasteiger partial charge in [0.1, 0.15) is 0 Å². The van der Waals surface area contributed by atoms with E-state index in [1.807, 2.05) is 30.0 Å². The topological polar surface area (TPSA) is 69.9 Å². The second-order valence-electron chi connectivity index (χ2n) is 11.5. The summed E-state index contributed by atoms with van der Waals surface area (Å²) in [7, 11) is 2.18. The number of carbonyl (C=O) groups excluding carboxylic acids is 1. The molecule has 2 heterocycles. The molecule has 3 aliphatic rings. The average molecular weight is 553 g/mol. The lowest BCUT2D eigenvalue weighted by Gasteiger charge is -2.53. The molecule has 5 rings (SSSR count). The number of rotatable bonds is 4. The zero-order chi connectivity index (χ0) is 25.8. The standard InChI is InChI=1S/C27H36Cl2N4O2S/c1-15(25(35)33-12-10-32(4)11-13-33)17-8-9-27(3)14-20-22(16(2)21(27)24(17)34)30-26(36-20)31-23-18(28)6-5-7-19(23)29/h5-7,15-17,21,24,34H,8-14H2,1-4H3,(H,30,31)/p+1/t15-,16-,17-,21+,24-,27-/m0/s1. The number of anilines is 2. The smallest absolute Gasteiger partial charge is 0.226 e. The fourth-order valence-corrected chi connectivity index (χ4v) is 8.66. The highest BCUT2D eigenvalue weighted by Crippen LogP contribution is 2.57. The molecule has 1 amide bonds. The summed E-state index contributed by atoms with van der Waals surface area (Å²) in [6, 6.07) is 5.44. The Morgan fingerprint density at radius 1 is 1.31 bits per heavy atom. The van der Waals surface area contributed by atoms with E-state index in [4.69, 9.17) is 28.2 Å². The Morgan fingerprint density at radius 2 is 1.97 bits per heavy atom. The van der Waals surface area contributed by atoms with Gasteiger partial charge in [-0.1, -0.05) is 50.0 Å². The van der Waals surface area contributed by atoms with Crippen LogP contribution in [0, 0.1) is 23.2 Å². The molecule has 36 heavy (non-hydrogen) atoms. The number of nitrogens with one attached hydrogen (secondary N) is 2. The van der Waals surface area contributed by atoms with E-state index >= 15 is 0 Å². The molecule has 196 valence electrons. The maximum absolute atomic E-state index is 13.4. The van der Waals surface area contributed by atoms with Gasteiger partial charge in [-0.3, -0.25) is 4.79 Å². The molecular formula is C27H37Cl2N4O2S+. The monoisotopic (exact) mass is 551 g/mol. The molecule has 2 fully saturated rings. The molecule has 6 atom stereocenters. The Morgan fingerprint density at radius 3 is 2.64 bits per heavy atom. The number of hydrogen-bond donors (Lipinski definition) is 3. The van der Waals surface area contributed by atoms with Crippen LogP contribution >= 0.6 is 34.5 Å². The molecule has 6 nitrogen and oxygen atoms in total. The fraction of sp³-hybridized carbons (Fsp3) is 0.630. The molecular weight excluding hydrogens is 515 g/mol. The van der Waals surface area contributed by atoms with E-state index in [1.165, 1.54) is 9.78 Å². The lowest BCUT2D eigenvalue weighted by Crippen LogP contribution is -3.12. The first kappa shape index (κ1) is 26.2. The van der Waals surface area contributed by atoms with Gasteiger partial charge in [0.05, 0.1) is 60.8 Å². The van der Waals surface area contributed by atoms with Crippen LogP contribution < -0.4 is 10.2 Å². The van der Waals surface area contributed by atoms with Crippen LogP contribution in [0.2, 0.25) is 10.0 Å². The Kier molecular flexibility index (Phi) is 7.33. The molecule has 3 N–H and O–H groups in total. The quantitative estimate of drug-likeness (QED) is 0.531. The number of amides is 1. The largest absolute Gasteiger partial charge is 0.392 e. The second kappa shape index (κ2) is 10.1. The van der Waals surface area contributed by atoms with Crippen LogP contribution in [-0.2, 0) is 11.2 Å². The van der Waals surface area contributed by atoms with E-state index in [1.54, 1.807) is 11.3 Å². The van der Waals surface area contributed by atoms with E-state index in [0.29, 0.717) is 15.7 Å². The molecule has 1 aliphatic heterocycles. The van der Waals surface area contributed by atoms with Crippen LogP contribution in [0.25, 0.3) is 0 Å². The molecule has 0 unspecified atom stereocenters. The van der Waals surface area contributed by atoms with Crippen LogP contribution in [0.15, 0.2) is 18.2 Å². The zero-order valence-corrected chi connectivity index (χ0v) is 23.8. The van der Waals surface area contributed by atoms with Gasteiger partial charge in [-0.2, -0.15) is 0 Å². The number of nitrogens with zero attached hydrogens (tertiary/aromatic N) is 2. The number of para-hydroxylation sites is 1. The van der Waals surface area contributed by atoms with Gasteiger partial charge in [-0.15, -0.1) is 11.3 Å². The Hall–Kier alpha value is -1.38. The first-order valence-electron chi connectivity index (χ1n) is 13.1.